The van der Waals surface area contributed by atoms with Crippen molar-refractivity contribution in [1.29, 1.82) is 0 Å². The summed E-state index contributed by atoms with van der Waals surface area (Å²) in [5.41, 5.74) is 6.49. The van der Waals surface area contributed by atoms with Gasteiger partial charge in [0, 0.05) is 36.0 Å². The molecule has 0 spiro atoms. The zero-order valence-electron chi connectivity index (χ0n) is 18.2. The van der Waals surface area contributed by atoms with Gasteiger partial charge in [0.1, 0.15) is 5.82 Å². The summed E-state index contributed by atoms with van der Waals surface area (Å²) in [6.45, 7) is 4.66. The van der Waals surface area contributed by atoms with E-state index in [1.807, 2.05) is 26.0 Å². The summed E-state index contributed by atoms with van der Waals surface area (Å²) in [5.74, 6) is -0.224. The Kier molecular flexibility index (Phi) is 6.44. The summed E-state index contributed by atoms with van der Waals surface area (Å²) in [7, 11) is 0. The Bertz CT molecular complexity index is 1130. The average molecular weight is 421 g/mol. The van der Waals surface area contributed by atoms with E-state index in [-0.39, 0.29) is 11.7 Å². The van der Waals surface area contributed by atoms with Crippen LogP contribution in [0.5, 0.6) is 0 Å². The van der Waals surface area contributed by atoms with Crippen LogP contribution in [0.4, 0.5) is 4.39 Å². The summed E-state index contributed by atoms with van der Waals surface area (Å²) in [6, 6.07) is 8.27. The van der Waals surface area contributed by atoms with Crippen LogP contribution < -0.4 is 5.32 Å². The van der Waals surface area contributed by atoms with Crippen molar-refractivity contribution < 1.29 is 9.18 Å². The Hall–Kier alpha value is -3.02. The highest BCUT2D eigenvalue weighted by Gasteiger charge is 2.15. The highest BCUT2D eigenvalue weighted by atomic mass is 19.1. The minimum atomic E-state index is -0.290. The molecule has 6 heteroatoms. The fourth-order valence-electron chi connectivity index (χ4n) is 4.30. The average Bonchev–Trinajstić information content (AvgIpc) is 3.19. The number of fused-ring (bicyclic) bond motifs is 1. The molecular weight excluding hydrogens is 391 g/mol. The van der Waals surface area contributed by atoms with Gasteiger partial charge < -0.3 is 5.32 Å². The molecule has 2 heterocycles. The van der Waals surface area contributed by atoms with Crippen molar-refractivity contribution in [2.45, 2.75) is 58.8 Å². The molecule has 0 fully saturated rings. The maximum atomic E-state index is 13.6. The number of aryl methyl sites for hydroxylation is 2. The van der Waals surface area contributed by atoms with Gasteiger partial charge in [-0.25, -0.2) is 13.9 Å². The van der Waals surface area contributed by atoms with E-state index in [9.17, 15) is 9.18 Å². The number of nitrogens with zero attached hydrogens (tertiary/aromatic N) is 3. The second-order valence-corrected chi connectivity index (χ2v) is 8.28. The summed E-state index contributed by atoms with van der Waals surface area (Å²) in [6.07, 6.45) is 9.21. The summed E-state index contributed by atoms with van der Waals surface area (Å²) >= 11 is 0. The molecule has 0 aliphatic heterocycles. The molecule has 0 atom stereocenters. The van der Waals surface area contributed by atoms with Crippen LogP contribution in [0.15, 0.2) is 42.0 Å². The number of nitrogens with one attached hydrogen (secondary N) is 1. The quantitative estimate of drug-likeness (QED) is 0.542. The first-order valence-electron chi connectivity index (χ1n) is 11.1. The topological polar surface area (TPSA) is 59.3 Å². The monoisotopic (exact) mass is 420 g/mol. The minimum Gasteiger partial charge on any atom is -0.356 e. The van der Waals surface area contributed by atoms with Crippen LogP contribution in [-0.2, 0) is 11.2 Å². The standard InChI is InChI=1S/C25H29FN4O/c1-17-22(11-12-25(31)27-14-13-19-7-4-3-5-8-19)18(2)30-24(28-17)16-23(29-30)20-9-6-10-21(26)15-20/h6-7,9-10,15-16H,3-5,8,11-14H2,1-2H3,(H,27,31). The van der Waals surface area contributed by atoms with Gasteiger partial charge in [0.05, 0.1) is 5.69 Å². The second kappa shape index (κ2) is 9.41. The van der Waals surface area contributed by atoms with Crippen LogP contribution in [0.2, 0.25) is 0 Å². The zero-order valence-corrected chi connectivity index (χ0v) is 18.2. The molecule has 31 heavy (non-hydrogen) atoms. The molecule has 0 bridgehead atoms. The van der Waals surface area contributed by atoms with Gasteiger partial charge in [0.2, 0.25) is 5.91 Å². The van der Waals surface area contributed by atoms with Gasteiger partial charge in [-0.05, 0) is 70.1 Å². The van der Waals surface area contributed by atoms with Crippen molar-refractivity contribution in [1.82, 2.24) is 19.9 Å². The lowest BCUT2D eigenvalue weighted by molar-refractivity contribution is -0.121. The van der Waals surface area contributed by atoms with Gasteiger partial charge in [-0.2, -0.15) is 5.10 Å². The van der Waals surface area contributed by atoms with E-state index in [4.69, 9.17) is 0 Å². The molecule has 0 saturated carbocycles. The lowest BCUT2D eigenvalue weighted by Crippen LogP contribution is -2.25. The van der Waals surface area contributed by atoms with E-state index in [0.29, 0.717) is 25.1 Å². The summed E-state index contributed by atoms with van der Waals surface area (Å²) in [5, 5.41) is 7.68. The third-order valence-electron chi connectivity index (χ3n) is 6.04. The SMILES string of the molecule is Cc1nc2cc(-c3cccc(F)c3)nn2c(C)c1CCC(=O)NCCC1=CCCCC1. The number of carbonyl (C=O) groups is 1. The van der Waals surface area contributed by atoms with Crippen molar-refractivity contribution in [3.8, 4) is 11.3 Å². The largest absolute Gasteiger partial charge is 0.356 e. The number of hydrogen-bond acceptors (Lipinski definition) is 3. The number of carbonyl (C=O) groups excluding carboxylic acids is 1. The highest BCUT2D eigenvalue weighted by Crippen LogP contribution is 2.23. The predicted octanol–water partition coefficient (Wildman–Crippen LogP) is 5.09. The second-order valence-electron chi connectivity index (χ2n) is 8.28. The van der Waals surface area contributed by atoms with E-state index < -0.39 is 0 Å². The van der Waals surface area contributed by atoms with Gasteiger partial charge in [0.15, 0.2) is 5.65 Å². The number of hydrogen-bond donors (Lipinski definition) is 1. The predicted molar refractivity (Wildman–Crippen MR) is 120 cm³/mol. The molecule has 1 aromatic carbocycles. The number of rotatable bonds is 7. The van der Waals surface area contributed by atoms with Crippen LogP contribution in [0.1, 0.15) is 55.5 Å². The Morgan fingerprint density at radius 2 is 2.06 bits per heavy atom. The fourth-order valence-corrected chi connectivity index (χ4v) is 4.30. The van der Waals surface area contributed by atoms with Crippen molar-refractivity contribution in [3.05, 3.63) is 64.7 Å². The Balaban J connectivity index is 1.42. The molecule has 3 aromatic rings. The van der Waals surface area contributed by atoms with Crippen molar-refractivity contribution in [3.63, 3.8) is 0 Å². The normalized spacial score (nSPS) is 14.0. The molecule has 0 radical (unpaired) electrons. The van der Waals surface area contributed by atoms with Crippen LogP contribution >= 0.6 is 0 Å². The summed E-state index contributed by atoms with van der Waals surface area (Å²) < 4.78 is 15.4. The smallest absolute Gasteiger partial charge is 0.220 e. The molecule has 0 unspecified atom stereocenters. The molecule has 1 aliphatic carbocycles. The number of benzene rings is 1. The first-order valence-corrected chi connectivity index (χ1v) is 11.1. The Labute approximate surface area is 182 Å². The number of aromatic nitrogens is 3. The molecule has 4 rings (SSSR count). The summed E-state index contributed by atoms with van der Waals surface area (Å²) in [4.78, 5) is 17.0. The maximum absolute atomic E-state index is 13.6. The van der Waals surface area contributed by atoms with Crippen molar-refractivity contribution in [2.75, 3.05) is 6.54 Å². The van der Waals surface area contributed by atoms with Crippen LogP contribution in [0.3, 0.4) is 0 Å². The van der Waals surface area contributed by atoms with E-state index in [0.717, 1.165) is 34.6 Å². The van der Waals surface area contributed by atoms with Crippen molar-refractivity contribution in [2.24, 2.45) is 0 Å². The van der Waals surface area contributed by atoms with Gasteiger partial charge >= 0.3 is 0 Å². The van der Waals surface area contributed by atoms with Gasteiger partial charge in [-0.3, -0.25) is 4.79 Å². The molecule has 1 amide bonds. The van der Waals surface area contributed by atoms with Gasteiger partial charge in [-0.1, -0.05) is 23.8 Å². The minimum absolute atomic E-state index is 0.0659. The van der Waals surface area contributed by atoms with E-state index in [2.05, 4.69) is 21.5 Å². The van der Waals surface area contributed by atoms with Gasteiger partial charge in [-0.15, -0.1) is 0 Å². The number of halogens is 1. The third kappa shape index (κ3) is 5.01. The fraction of sp³-hybridized carbons (Fsp3) is 0.400. The molecule has 2 aromatic heterocycles. The third-order valence-corrected chi connectivity index (χ3v) is 6.04. The van der Waals surface area contributed by atoms with Crippen molar-refractivity contribution >= 4 is 11.6 Å². The lowest BCUT2D eigenvalue weighted by Gasteiger charge is -2.13. The van der Waals surface area contributed by atoms with E-state index >= 15 is 0 Å². The Morgan fingerprint density at radius 1 is 1.19 bits per heavy atom. The Morgan fingerprint density at radius 3 is 2.84 bits per heavy atom. The van der Waals surface area contributed by atoms with E-state index in [1.165, 1.54) is 43.4 Å². The number of amides is 1. The lowest BCUT2D eigenvalue weighted by atomic mass is 9.97. The molecule has 0 saturated heterocycles. The molecule has 1 aliphatic rings. The zero-order chi connectivity index (χ0) is 21.8. The highest BCUT2D eigenvalue weighted by molar-refractivity contribution is 5.76. The molecule has 162 valence electrons. The first-order chi connectivity index (χ1) is 15.0. The maximum Gasteiger partial charge on any atom is 0.220 e. The van der Waals surface area contributed by atoms with Gasteiger partial charge in [0.25, 0.3) is 0 Å². The van der Waals surface area contributed by atoms with Crippen LogP contribution in [0.25, 0.3) is 16.9 Å². The van der Waals surface area contributed by atoms with Crippen LogP contribution in [0, 0.1) is 19.7 Å². The molecule has 5 nitrogen and oxygen atoms in total. The molecular formula is C25H29FN4O. The number of allylic oxidation sites excluding steroid dienone is 1. The van der Waals surface area contributed by atoms with Crippen LogP contribution in [-0.4, -0.2) is 27.0 Å². The first kappa shape index (κ1) is 21.2. The molecule has 1 N–H and O–H groups in total. The van der Waals surface area contributed by atoms with E-state index in [1.54, 1.807) is 10.6 Å².